The van der Waals surface area contributed by atoms with Gasteiger partial charge in [0.25, 0.3) is 0 Å². The zero-order chi connectivity index (χ0) is 15.1. The highest BCUT2D eigenvalue weighted by molar-refractivity contribution is 5.44. The molecule has 118 valence electrons. The van der Waals surface area contributed by atoms with Crippen molar-refractivity contribution < 1.29 is 0 Å². The first-order chi connectivity index (χ1) is 10.2. The first-order valence-corrected chi connectivity index (χ1v) is 8.68. The van der Waals surface area contributed by atoms with Gasteiger partial charge in [0, 0.05) is 25.3 Å². The summed E-state index contributed by atoms with van der Waals surface area (Å²) in [5, 5.41) is 3.83. The summed E-state index contributed by atoms with van der Waals surface area (Å²) in [6, 6.07) is 11.4. The first-order valence-electron chi connectivity index (χ1n) is 8.68. The SMILES string of the molecule is CC(C)C1CCCCC1NCCCN(C)c1ccccc1. The van der Waals surface area contributed by atoms with E-state index in [1.54, 1.807) is 0 Å². The molecule has 2 unspecified atom stereocenters. The number of para-hydroxylation sites is 1. The summed E-state index contributed by atoms with van der Waals surface area (Å²) in [5.74, 6) is 1.69. The number of nitrogens with zero attached hydrogens (tertiary/aromatic N) is 1. The Hall–Kier alpha value is -1.02. The molecular weight excluding hydrogens is 256 g/mol. The molecule has 21 heavy (non-hydrogen) atoms. The Morgan fingerprint density at radius 1 is 1.14 bits per heavy atom. The smallest absolute Gasteiger partial charge is 0.0363 e. The van der Waals surface area contributed by atoms with Crippen molar-refractivity contribution in [3.8, 4) is 0 Å². The molecule has 0 spiro atoms. The molecule has 2 nitrogen and oxygen atoms in total. The molecule has 1 aliphatic carbocycles. The van der Waals surface area contributed by atoms with Gasteiger partial charge in [-0.05, 0) is 49.8 Å². The van der Waals surface area contributed by atoms with E-state index in [9.17, 15) is 0 Å². The molecule has 2 heteroatoms. The van der Waals surface area contributed by atoms with Crippen molar-refractivity contribution in [1.82, 2.24) is 5.32 Å². The highest BCUT2D eigenvalue weighted by Crippen LogP contribution is 2.30. The fourth-order valence-corrected chi connectivity index (χ4v) is 3.63. The van der Waals surface area contributed by atoms with Crippen molar-refractivity contribution in [2.45, 2.75) is 52.0 Å². The number of rotatable bonds is 7. The van der Waals surface area contributed by atoms with Gasteiger partial charge in [0.1, 0.15) is 0 Å². The van der Waals surface area contributed by atoms with Gasteiger partial charge in [0.15, 0.2) is 0 Å². The fourth-order valence-electron chi connectivity index (χ4n) is 3.63. The molecule has 1 aromatic rings. The predicted molar refractivity (Wildman–Crippen MR) is 92.9 cm³/mol. The summed E-state index contributed by atoms with van der Waals surface area (Å²) in [5.41, 5.74) is 1.32. The average Bonchev–Trinajstić information content (AvgIpc) is 2.52. The van der Waals surface area contributed by atoms with E-state index in [0.717, 1.165) is 31.0 Å². The second-order valence-electron chi connectivity index (χ2n) is 6.86. The highest BCUT2D eigenvalue weighted by Gasteiger charge is 2.26. The molecule has 1 fully saturated rings. The second-order valence-corrected chi connectivity index (χ2v) is 6.86. The number of hydrogen-bond acceptors (Lipinski definition) is 2. The number of hydrogen-bond donors (Lipinski definition) is 1. The van der Waals surface area contributed by atoms with Crippen LogP contribution in [0.25, 0.3) is 0 Å². The number of anilines is 1. The molecule has 2 rings (SSSR count). The molecule has 0 saturated heterocycles. The Labute approximate surface area is 130 Å². The molecule has 0 amide bonds. The van der Waals surface area contributed by atoms with Crippen LogP contribution in [0.15, 0.2) is 30.3 Å². The normalized spacial score (nSPS) is 22.5. The maximum absolute atomic E-state index is 3.83. The minimum atomic E-state index is 0.751. The summed E-state index contributed by atoms with van der Waals surface area (Å²) >= 11 is 0. The largest absolute Gasteiger partial charge is 0.375 e. The third-order valence-electron chi connectivity index (χ3n) is 4.95. The standard InChI is InChI=1S/C19H32N2/c1-16(2)18-12-7-8-13-19(18)20-14-9-15-21(3)17-10-5-4-6-11-17/h4-6,10-11,16,18-20H,7-9,12-15H2,1-3H3. The lowest BCUT2D eigenvalue weighted by Gasteiger charge is -2.35. The topological polar surface area (TPSA) is 15.3 Å². The van der Waals surface area contributed by atoms with Crippen LogP contribution in [0.1, 0.15) is 46.0 Å². The Bertz CT molecular complexity index is 388. The van der Waals surface area contributed by atoms with E-state index in [2.05, 4.69) is 61.4 Å². The summed E-state index contributed by atoms with van der Waals surface area (Å²) < 4.78 is 0. The highest BCUT2D eigenvalue weighted by atomic mass is 15.1. The minimum absolute atomic E-state index is 0.751. The summed E-state index contributed by atoms with van der Waals surface area (Å²) in [4.78, 5) is 2.35. The lowest BCUT2D eigenvalue weighted by Crippen LogP contribution is -2.41. The Balaban J connectivity index is 1.69. The van der Waals surface area contributed by atoms with E-state index in [1.165, 1.54) is 37.8 Å². The van der Waals surface area contributed by atoms with Crippen LogP contribution in [0.2, 0.25) is 0 Å². The summed E-state index contributed by atoms with van der Waals surface area (Å²) in [7, 11) is 2.19. The van der Waals surface area contributed by atoms with Crippen molar-refractivity contribution >= 4 is 5.69 Å². The van der Waals surface area contributed by atoms with Gasteiger partial charge in [0.05, 0.1) is 0 Å². The van der Waals surface area contributed by atoms with Crippen molar-refractivity contribution in [1.29, 1.82) is 0 Å². The molecule has 0 bridgehead atoms. The Morgan fingerprint density at radius 2 is 1.86 bits per heavy atom. The molecule has 1 aromatic carbocycles. The summed E-state index contributed by atoms with van der Waals surface area (Å²) in [6.45, 7) is 7.03. The molecule has 0 aromatic heterocycles. The van der Waals surface area contributed by atoms with Gasteiger partial charge in [-0.15, -0.1) is 0 Å². The molecule has 2 atom stereocenters. The van der Waals surface area contributed by atoms with Crippen molar-refractivity contribution in [3.05, 3.63) is 30.3 Å². The molecule has 1 N–H and O–H groups in total. The molecule has 1 saturated carbocycles. The van der Waals surface area contributed by atoms with E-state index < -0.39 is 0 Å². The van der Waals surface area contributed by atoms with E-state index in [-0.39, 0.29) is 0 Å². The molecule has 1 aliphatic rings. The number of benzene rings is 1. The van der Waals surface area contributed by atoms with Gasteiger partial charge in [-0.2, -0.15) is 0 Å². The van der Waals surface area contributed by atoms with Crippen molar-refractivity contribution in [2.75, 3.05) is 25.0 Å². The maximum Gasteiger partial charge on any atom is 0.0363 e. The first kappa shape index (κ1) is 16.4. The van der Waals surface area contributed by atoms with Crippen LogP contribution >= 0.6 is 0 Å². The van der Waals surface area contributed by atoms with Crippen LogP contribution in [-0.2, 0) is 0 Å². The zero-order valence-corrected chi connectivity index (χ0v) is 14.0. The van der Waals surface area contributed by atoms with Gasteiger partial charge in [0.2, 0.25) is 0 Å². The van der Waals surface area contributed by atoms with Crippen molar-refractivity contribution in [3.63, 3.8) is 0 Å². The molecule has 0 radical (unpaired) electrons. The molecule has 0 heterocycles. The van der Waals surface area contributed by atoms with E-state index in [0.29, 0.717) is 0 Å². The summed E-state index contributed by atoms with van der Waals surface area (Å²) in [6.07, 6.45) is 6.84. The van der Waals surface area contributed by atoms with Crippen LogP contribution in [0.5, 0.6) is 0 Å². The van der Waals surface area contributed by atoms with Gasteiger partial charge >= 0.3 is 0 Å². The lowest BCUT2D eigenvalue weighted by molar-refractivity contribution is 0.206. The molecular formula is C19H32N2. The Kier molecular flexibility index (Phi) is 6.56. The van der Waals surface area contributed by atoms with E-state index in [1.807, 2.05) is 0 Å². The zero-order valence-electron chi connectivity index (χ0n) is 14.0. The van der Waals surface area contributed by atoms with Crippen LogP contribution in [0.4, 0.5) is 5.69 Å². The lowest BCUT2D eigenvalue weighted by atomic mass is 9.78. The fraction of sp³-hybridized carbons (Fsp3) is 0.684. The van der Waals surface area contributed by atoms with Crippen LogP contribution in [-0.4, -0.2) is 26.2 Å². The van der Waals surface area contributed by atoms with Crippen molar-refractivity contribution in [2.24, 2.45) is 11.8 Å². The van der Waals surface area contributed by atoms with Crippen LogP contribution in [0.3, 0.4) is 0 Å². The average molecular weight is 288 g/mol. The van der Waals surface area contributed by atoms with Gasteiger partial charge in [-0.1, -0.05) is 44.9 Å². The van der Waals surface area contributed by atoms with E-state index in [4.69, 9.17) is 0 Å². The quantitative estimate of drug-likeness (QED) is 0.752. The Morgan fingerprint density at radius 3 is 2.57 bits per heavy atom. The van der Waals surface area contributed by atoms with Gasteiger partial charge < -0.3 is 10.2 Å². The predicted octanol–water partition coefficient (Wildman–Crippen LogP) is 4.32. The van der Waals surface area contributed by atoms with E-state index >= 15 is 0 Å². The third kappa shape index (κ3) is 5.03. The minimum Gasteiger partial charge on any atom is -0.375 e. The number of nitrogens with one attached hydrogen (secondary N) is 1. The molecule has 0 aliphatic heterocycles. The van der Waals surface area contributed by atoms with Gasteiger partial charge in [-0.25, -0.2) is 0 Å². The maximum atomic E-state index is 3.83. The van der Waals surface area contributed by atoms with Gasteiger partial charge in [-0.3, -0.25) is 0 Å². The van der Waals surface area contributed by atoms with Crippen LogP contribution < -0.4 is 10.2 Å². The third-order valence-corrected chi connectivity index (χ3v) is 4.95. The monoisotopic (exact) mass is 288 g/mol. The second kappa shape index (κ2) is 8.43. The van der Waals surface area contributed by atoms with Crippen LogP contribution in [0, 0.1) is 11.8 Å².